The number of aliphatic carboxylic acids is 1. The van der Waals surface area contributed by atoms with E-state index < -0.39 is 5.97 Å². The summed E-state index contributed by atoms with van der Waals surface area (Å²) in [5.74, 6) is -0.376. The monoisotopic (exact) mass is 400 g/mol. The Balaban J connectivity index is 3.84. The summed E-state index contributed by atoms with van der Waals surface area (Å²) in [6.07, 6.45) is 32.9. The summed E-state index contributed by atoms with van der Waals surface area (Å²) in [6, 6.07) is 0. The standard InChI is InChI=1S/C26H40O3/c1-3-25(21-17-13-9-5-6-11-15-19-23-26(27)28)22-18-14-10-7-8-12-16-20-24-29-4-2/h5,7,9-10,12,16-19,21-23,25H,3-4,6,8,11,13-15,20,24H2,1-2H3,(H,27,28). The van der Waals surface area contributed by atoms with Crippen molar-refractivity contribution in [3.05, 3.63) is 72.9 Å². The van der Waals surface area contributed by atoms with Crippen molar-refractivity contribution in [2.75, 3.05) is 13.2 Å². The minimum atomic E-state index is -0.873. The Hall–Kier alpha value is -2.13. The maximum Gasteiger partial charge on any atom is 0.327 e. The van der Waals surface area contributed by atoms with Crippen molar-refractivity contribution in [3.8, 4) is 0 Å². The van der Waals surface area contributed by atoms with Crippen LogP contribution in [0, 0.1) is 5.92 Å². The van der Waals surface area contributed by atoms with E-state index >= 15 is 0 Å². The molecule has 162 valence electrons. The van der Waals surface area contributed by atoms with E-state index in [1.165, 1.54) is 6.08 Å². The number of allylic oxidation sites excluding steroid dienone is 10. The van der Waals surface area contributed by atoms with Gasteiger partial charge in [0.1, 0.15) is 0 Å². The van der Waals surface area contributed by atoms with E-state index in [4.69, 9.17) is 9.84 Å². The Kier molecular flexibility index (Phi) is 20.5. The van der Waals surface area contributed by atoms with Crippen molar-refractivity contribution in [1.29, 1.82) is 0 Å². The molecule has 1 atom stereocenters. The van der Waals surface area contributed by atoms with Gasteiger partial charge in [0.15, 0.2) is 0 Å². The van der Waals surface area contributed by atoms with Gasteiger partial charge in [0.2, 0.25) is 0 Å². The van der Waals surface area contributed by atoms with Crippen LogP contribution in [0.5, 0.6) is 0 Å². The molecule has 0 aromatic carbocycles. The predicted octanol–water partition coefficient (Wildman–Crippen LogP) is 7.20. The lowest BCUT2D eigenvalue weighted by molar-refractivity contribution is -0.131. The second-order valence-corrected chi connectivity index (χ2v) is 6.71. The largest absolute Gasteiger partial charge is 0.478 e. The zero-order chi connectivity index (χ0) is 21.4. The Labute approximate surface area is 178 Å². The van der Waals surface area contributed by atoms with Gasteiger partial charge >= 0.3 is 5.97 Å². The molecule has 29 heavy (non-hydrogen) atoms. The summed E-state index contributed by atoms with van der Waals surface area (Å²) in [7, 11) is 0. The fourth-order valence-corrected chi connectivity index (χ4v) is 2.53. The minimum absolute atomic E-state index is 0.497. The second-order valence-electron chi connectivity index (χ2n) is 6.71. The lowest BCUT2D eigenvalue weighted by Gasteiger charge is -2.02. The van der Waals surface area contributed by atoms with E-state index in [0.29, 0.717) is 5.92 Å². The fraction of sp³-hybridized carbons (Fsp3) is 0.500. The molecule has 0 aromatic heterocycles. The van der Waals surface area contributed by atoms with Crippen molar-refractivity contribution >= 4 is 5.97 Å². The van der Waals surface area contributed by atoms with Gasteiger partial charge in [0.05, 0.1) is 0 Å². The molecule has 3 heteroatoms. The van der Waals surface area contributed by atoms with Gasteiger partial charge in [-0.15, -0.1) is 0 Å². The van der Waals surface area contributed by atoms with Gasteiger partial charge in [-0.25, -0.2) is 4.79 Å². The summed E-state index contributed by atoms with van der Waals surface area (Å²) in [5, 5.41) is 8.50. The van der Waals surface area contributed by atoms with Gasteiger partial charge in [0.25, 0.3) is 0 Å². The molecule has 0 bridgehead atoms. The molecule has 0 aromatic rings. The lowest BCUT2D eigenvalue weighted by Crippen LogP contribution is -1.90. The van der Waals surface area contributed by atoms with Crippen LogP contribution in [-0.2, 0) is 9.53 Å². The summed E-state index contributed by atoms with van der Waals surface area (Å²) in [4.78, 5) is 10.3. The molecule has 0 rings (SSSR count). The molecule has 0 saturated heterocycles. The number of ether oxygens (including phenoxy) is 1. The number of carboxylic acid groups (broad SMARTS) is 1. The summed E-state index contributed by atoms with van der Waals surface area (Å²) in [5.41, 5.74) is 0. The first-order valence-corrected chi connectivity index (χ1v) is 11.0. The zero-order valence-corrected chi connectivity index (χ0v) is 18.3. The van der Waals surface area contributed by atoms with Crippen LogP contribution in [-0.4, -0.2) is 24.3 Å². The number of hydrogen-bond acceptors (Lipinski definition) is 2. The number of unbranched alkanes of at least 4 members (excludes halogenated alkanes) is 2. The highest BCUT2D eigenvalue weighted by Gasteiger charge is 1.93. The third-order valence-electron chi connectivity index (χ3n) is 4.19. The van der Waals surface area contributed by atoms with Gasteiger partial charge in [-0.3, -0.25) is 0 Å². The highest BCUT2D eigenvalue weighted by Crippen LogP contribution is 2.08. The maximum absolute atomic E-state index is 10.3. The number of rotatable bonds is 18. The van der Waals surface area contributed by atoms with E-state index in [1.54, 1.807) is 6.08 Å². The summed E-state index contributed by atoms with van der Waals surface area (Å²) < 4.78 is 5.29. The zero-order valence-electron chi connectivity index (χ0n) is 18.3. The second kappa shape index (κ2) is 22.2. The van der Waals surface area contributed by atoms with Crippen molar-refractivity contribution in [2.45, 2.75) is 65.2 Å². The molecule has 0 amide bonds. The van der Waals surface area contributed by atoms with E-state index in [9.17, 15) is 4.79 Å². The van der Waals surface area contributed by atoms with Crippen LogP contribution in [0.3, 0.4) is 0 Å². The average Bonchev–Trinajstić information content (AvgIpc) is 2.71. The number of hydrogen-bond donors (Lipinski definition) is 1. The van der Waals surface area contributed by atoms with Crippen molar-refractivity contribution in [3.63, 3.8) is 0 Å². The molecule has 0 fully saturated rings. The molecule has 0 saturated carbocycles. The summed E-state index contributed by atoms with van der Waals surface area (Å²) in [6.45, 7) is 5.84. The molecule has 3 nitrogen and oxygen atoms in total. The Bertz CT molecular complexity index is 550. The third kappa shape index (κ3) is 22.0. The topological polar surface area (TPSA) is 46.5 Å². The van der Waals surface area contributed by atoms with Crippen LogP contribution in [0.1, 0.15) is 65.2 Å². The van der Waals surface area contributed by atoms with E-state index in [2.05, 4.69) is 67.7 Å². The van der Waals surface area contributed by atoms with Gasteiger partial charge in [-0.05, 0) is 64.2 Å². The van der Waals surface area contributed by atoms with Crippen LogP contribution in [0.25, 0.3) is 0 Å². The third-order valence-corrected chi connectivity index (χ3v) is 4.19. The molecule has 0 radical (unpaired) electrons. The predicted molar refractivity (Wildman–Crippen MR) is 125 cm³/mol. The lowest BCUT2D eigenvalue weighted by atomic mass is 10.0. The molecule has 0 aliphatic carbocycles. The van der Waals surface area contributed by atoms with Gasteiger partial charge in [-0.2, -0.15) is 0 Å². The number of carboxylic acids is 1. The Morgan fingerprint density at radius 1 is 0.793 bits per heavy atom. The van der Waals surface area contributed by atoms with Crippen LogP contribution < -0.4 is 0 Å². The van der Waals surface area contributed by atoms with E-state index in [-0.39, 0.29) is 0 Å². The molecule has 1 N–H and O–H groups in total. The first kappa shape index (κ1) is 26.9. The smallest absolute Gasteiger partial charge is 0.327 e. The summed E-state index contributed by atoms with van der Waals surface area (Å²) >= 11 is 0. The molecule has 0 heterocycles. The molecular formula is C26H40O3. The first-order chi connectivity index (χ1) is 14.2. The van der Waals surface area contributed by atoms with Crippen LogP contribution in [0.4, 0.5) is 0 Å². The number of carbonyl (C=O) groups is 1. The van der Waals surface area contributed by atoms with Gasteiger partial charge in [0, 0.05) is 19.3 Å². The van der Waals surface area contributed by atoms with Gasteiger partial charge < -0.3 is 9.84 Å². The van der Waals surface area contributed by atoms with Crippen molar-refractivity contribution in [1.82, 2.24) is 0 Å². The van der Waals surface area contributed by atoms with E-state index in [0.717, 1.165) is 64.6 Å². The first-order valence-electron chi connectivity index (χ1n) is 11.0. The average molecular weight is 401 g/mol. The molecule has 0 spiro atoms. The molecule has 0 aliphatic rings. The van der Waals surface area contributed by atoms with Crippen LogP contribution in [0.15, 0.2) is 72.9 Å². The van der Waals surface area contributed by atoms with Crippen LogP contribution >= 0.6 is 0 Å². The SMILES string of the molecule is CCOCCC=CCC=CCC=CC(C=CCC=CCCCC=CC(=O)O)CC. The van der Waals surface area contributed by atoms with Gasteiger partial charge in [-0.1, -0.05) is 73.8 Å². The maximum atomic E-state index is 10.3. The molecular weight excluding hydrogens is 360 g/mol. The van der Waals surface area contributed by atoms with Crippen molar-refractivity contribution in [2.24, 2.45) is 5.92 Å². The molecule has 0 aliphatic heterocycles. The molecule has 1 unspecified atom stereocenters. The van der Waals surface area contributed by atoms with Crippen LogP contribution in [0.2, 0.25) is 0 Å². The Morgan fingerprint density at radius 3 is 1.93 bits per heavy atom. The van der Waals surface area contributed by atoms with E-state index in [1.807, 2.05) is 6.92 Å². The highest BCUT2D eigenvalue weighted by molar-refractivity contribution is 5.79. The normalized spacial score (nSPS) is 14.0. The fourth-order valence-electron chi connectivity index (χ4n) is 2.53. The quantitative estimate of drug-likeness (QED) is 0.150. The minimum Gasteiger partial charge on any atom is -0.478 e. The highest BCUT2D eigenvalue weighted by atomic mass is 16.5. The van der Waals surface area contributed by atoms with Crippen molar-refractivity contribution < 1.29 is 14.6 Å². The Morgan fingerprint density at radius 2 is 1.34 bits per heavy atom.